The van der Waals surface area contributed by atoms with Gasteiger partial charge in [-0.25, -0.2) is 0 Å². The lowest BCUT2D eigenvalue weighted by atomic mass is 10.1. The number of aliphatic hydroxyl groups is 1. The quantitative estimate of drug-likeness (QED) is 0.599. The van der Waals surface area contributed by atoms with Crippen molar-refractivity contribution in [2.75, 3.05) is 0 Å². The monoisotopic (exact) mass is 187 g/mol. The molecule has 0 spiro atoms. The Kier molecular flexibility index (Phi) is 2.48. The third-order valence-electron chi connectivity index (χ3n) is 2.28. The largest absolute Gasteiger partial charge is 0.385 e. The second kappa shape index (κ2) is 3.78. The van der Waals surface area contributed by atoms with Gasteiger partial charge in [0.15, 0.2) is 0 Å². The lowest BCUT2D eigenvalue weighted by Crippen LogP contribution is -2.12. The fraction of sp³-hybridized carbons (Fsp3) is 0.167. The number of rotatable bonds is 0. The lowest BCUT2D eigenvalue weighted by molar-refractivity contribution is 0.272. The van der Waals surface area contributed by atoms with Crippen molar-refractivity contribution in [3.05, 3.63) is 59.8 Å². The first kappa shape index (κ1) is 9.19. The normalized spacial score (nSPS) is 22.4. The molecule has 0 saturated carbocycles. The maximum atomic E-state index is 9.39. The van der Waals surface area contributed by atoms with Crippen LogP contribution in [0.25, 0.3) is 0 Å². The highest BCUT2D eigenvalue weighted by molar-refractivity contribution is 5.51. The topological polar surface area (TPSA) is 46.2 Å². The molecule has 0 heterocycles. The molecule has 0 amide bonds. The Balaban J connectivity index is 2.39. The molecule has 0 aromatic rings. The first-order valence-corrected chi connectivity index (χ1v) is 4.66. The molecule has 0 unspecified atom stereocenters. The number of nitrogens with two attached hydrogens (primary N) is 1. The molecule has 2 nitrogen and oxygen atoms in total. The molecule has 14 heavy (non-hydrogen) atoms. The molecule has 0 saturated heterocycles. The van der Waals surface area contributed by atoms with Gasteiger partial charge in [0.05, 0.1) is 6.10 Å². The van der Waals surface area contributed by atoms with Gasteiger partial charge in [-0.1, -0.05) is 48.6 Å². The Morgan fingerprint density at radius 2 is 1.29 bits per heavy atom. The summed E-state index contributed by atoms with van der Waals surface area (Å²) in [6.45, 7) is 0. The zero-order chi connectivity index (χ0) is 9.97. The van der Waals surface area contributed by atoms with Gasteiger partial charge in [0.2, 0.25) is 0 Å². The molecule has 0 atom stereocenters. The Morgan fingerprint density at radius 1 is 0.857 bits per heavy atom. The van der Waals surface area contributed by atoms with Crippen LogP contribution in [-0.4, -0.2) is 17.3 Å². The van der Waals surface area contributed by atoms with Crippen molar-refractivity contribution >= 4 is 0 Å². The molecule has 2 rings (SSSR count). The molecule has 72 valence electrons. The summed E-state index contributed by atoms with van der Waals surface area (Å²) in [6.07, 6.45) is 14.7. The third kappa shape index (κ3) is 1.92. The molecule has 2 aliphatic carbocycles. The summed E-state index contributed by atoms with van der Waals surface area (Å²) < 4.78 is 0. The van der Waals surface area contributed by atoms with Gasteiger partial charge in [-0.15, -0.1) is 0 Å². The predicted octanol–water partition coefficient (Wildman–Crippen LogP) is 1.22. The fourth-order valence-corrected chi connectivity index (χ4v) is 1.46. The average Bonchev–Trinajstić information content (AvgIpc) is 2.44. The minimum atomic E-state index is -0.489. The van der Waals surface area contributed by atoms with E-state index in [-0.39, 0.29) is 6.04 Å². The van der Waals surface area contributed by atoms with Crippen molar-refractivity contribution in [1.82, 2.24) is 0 Å². The molecule has 0 aliphatic heterocycles. The van der Waals surface area contributed by atoms with Gasteiger partial charge in [0.1, 0.15) is 0 Å². The van der Waals surface area contributed by atoms with Gasteiger partial charge in [-0.2, -0.15) is 0 Å². The van der Waals surface area contributed by atoms with Crippen molar-refractivity contribution in [3.63, 3.8) is 0 Å². The van der Waals surface area contributed by atoms with E-state index >= 15 is 0 Å². The van der Waals surface area contributed by atoms with Crippen LogP contribution >= 0.6 is 0 Å². The molecule has 0 fully saturated rings. The minimum absolute atomic E-state index is 0.0198. The van der Waals surface area contributed by atoms with Gasteiger partial charge in [-0.05, 0) is 11.1 Å². The van der Waals surface area contributed by atoms with Crippen molar-refractivity contribution < 1.29 is 5.11 Å². The van der Waals surface area contributed by atoms with Gasteiger partial charge >= 0.3 is 0 Å². The SMILES string of the molecule is NC1C=CC2=C(C=C1)C=CC(O)C=C2. The number of hydrogen-bond acceptors (Lipinski definition) is 2. The Hall–Kier alpha value is -1.38. The van der Waals surface area contributed by atoms with Gasteiger partial charge in [0, 0.05) is 6.04 Å². The molecule has 2 aliphatic rings. The first-order chi connectivity index (χ1) is 6.75. The van der Waals surface area contributed by atoms with E-state index in [4.69, 9.17) is 5.73 Å². The van der Waals surface area contributed by atoms with Crippen LogP contribution in [0.15, 0.2) is 59.8 Å². The van der Waals surface area contributed by atoms with Crippen molar-refractivity contribution in [2.45, 2.75) is 12.1 Å². The van der Waals surface area contributed by atoms with E-state index in [1.807, 2.05) is 36.5 Å². The van der Waals surface area contributed by atoms with E-state index in [1.54, 1.807) is 12.2 Å². The summed E-state index contributed by atoms with van der Waals surface area (Å²) >= 11 is 0. The van der Waals surface area contributed by atoms with Crippen LogP contribution < -0.4 is 5.73 Å². The summed E-state index contributed by atoms with van der Waals surface area (Å²) in [5.74, 6) is 0. The molecule has 0 bridgehead atoms. The van der Waals surface area contributed by atoms with Crippen LogP contribution in [0.4, 0.5) is 0 Å². The highest BCUT2D eigenvalue weighted by Crippen LogP contribution is 2.18. The minimum Gasteiger partial charge on any atom is -0.385 e. The molecule has 2 heteroatoms. The molecule has 3 N–H and O–H groups in total. The highest BCUT2D eigenvalue weighted by Gasteiger charge is 2.05. The summed E-state index contributed by atoms with van der Waals surface area (Å²) in [7, 11) is 0. The van der Waals surface area contributed by atoms with E-state index in [2.05, 4.69) is 0 Å². The lowest BCUT2D eigenvalue weighted by Gasteiger charge is -1.95. The average molecular weight is 187 g/mol. The summed E-state index contributed by atoms with van der Waals surface area (Å²) in [5.41, 5.74) is 7.93. The standard InChI is InChI=1S/C12H13NO/c13-11-5-1-9-3-7-12(14)8-4-10(9)2-6-11/h1-8,11-12,14H,13H2. The van der Waals surface area contributed by atoms with E-state index in [0.29, 0.717) is 0 Å². The van der Waals surface area contributed by atoms with Crippen molar-refractivity contribution in [1.29, 1.82) is 0 Å². The first-order valence-electron chi connectivity index (χ1n) is 4.66. The molecule has 0 aromatic carbocycles. The van der Waals surface area contributed by atoms with Crippen LogP contribution in [-0.2, 0) is 0 Å². The van der Waals surface area contributed by atoms with Crippen molar-refractivity contribution in [3.8, 4) is 0 Å². The van der Waals surface area contributed by atoms with Crippen LogP contribution in [0.1, 0.15) is 0 Å². The maximum absolute atomic E-state index is 9.39. The molecule has 0 aromatic heterocycles. The Labute approximate surface area is 83.4 Å². The second-order valence-corrected chi connectivity index (χ2v) is 3.42. The van der Waals surface area contributed by atoms with Gasteiger partial charge in [-0.3, -0.25) is 0 Å². The number of allylic oxidation sites excluding steroid dienone is 6. The smallest absolute Gasteiger partial charge is 0.0909 e. The molecule has 0 radical (unpaired) electrons. The number of aliphatic hydroxyl groups excluding tert-OH is 1. The molecular weight excluding hydrogens is 174 g/mol. The van der Waals surface area contributed by atoms with Gasteiger partial charge in [0.25, 0.3) is 0 Å². The Bertz CT molecular complexity index is 304. The summed E-state index contributed by atoms with van der Waals surface area (Å²) in [4.78, 5) is 0. The summed E-state index contributed by atoms with van der Waals surface area (Å²) in [5, 5.41) is 9.39. The number of hydrogen-bond donors (Lipinski definition) is 2. The van der Waals surface area contributed by atoms with Gasteiger partial charge < -0.3 is 10.8 Å². The van der Waals surface area contributed by atoms with Crippen LogP contribution in [0.2, 0.25) is 0 Å². The Morgan fingerprint density at radius 3 is 1.79 bits per heavy atom. The van der Waals surface area contributed by atoms with E-state index in [1.165, 1.54) is 0 Å². The van der Waals surface area contributed by atoms with Crippen LogP contribution in [0.5, 0.6) is 0 Å². The van der Waals surface area contributed by atoms with E-state index in [0.717, 1.165) is 11.1 Å². The zero-order valence-corrected chi connectivity index (χ0v) is 7.80. The highest BCUT2D eigenvalue weighted by atomic mass is 16.3. The molecular formula is C12H13NO. The van der Waals surface area contributed by atoms with E-state index in [9.17, 15) is 5.11 Å². The third-order valence-corrected chi connectivity index (χ3v) is 2.28. The summed E-state index contributed by atoms with van der Waals surface area (Å²) in [6, 6.07) is -0.0198. The zero-order valence-electron chi connectivity index (χ0n) is 7.80. The van der Waals surface area contributed by atoms with Crippen molar-refractivity contribution in [2.24, 2.45) is 5.73 Å². The fourth-order valence-electron chi connectivity index (χ4n) is 1.46. The predicted molar refractivity (Wildman–Crippen MR) is 57.6 cm³/mol. The van der Waals surface area contributed by atoms with Crippen LogP contribution in [0, 0.1) is 0 Å². The second-order valence-electron chi connectivity index (χ2n) is 3.42. The van der Waals surface area contributed by atoms with Crippen LogP contribution in [0.3, 0.4) is 0 Å². The maximum Gasteiger partial charge on any atom is 0.0909 e. The van der Waals surface area contributed by atoms with E-state index < -0.39 is 6.10 Å².